The SMILES string of the molecule is COc1cc([C@H]2CC(=O)C3=C(C2)Nc2nc(C(F)(F)F)nn2[C@@H]3c2cccnc2)cc(OC)c1OC. The Balaban J connectivity index is 1.60. The minimum atomic E-state index is -4.74. The number of benzene rings is 1. The number of pyridine rings is 1. The van der Waals surface area contributed by atoms with E-state index in [1.165, 1.54) is 27.5 Å². The van der Waals surface area contributed by atoms with Crippen molar-refractivity contribution < 1.29 is 32.2 Å². The number of anilines is 1. The number of methoxy groups -OCH3 is 3. The van der Waals surface area contributed by atoms with E-state index in [0.717, 1.165) is 10.2 Å². The Bertz CT molecular complexity index is 1330. The van der Waals surface area contributed by atoms with Gasteiger partial charge in [0.1, 0.15) is 6.04 Å². The van der Waals surface area contributed by atoms with E-state index < -0.39 is 18.0 Å². The molecule has 0 saturated carbocycles. The molecule has 0 bridgehead atoms. The molecule has 12 heteroatoms. The van der Waals surface area contributed by atoms with Crippen LogP contribution in [-0.2, 0) is 11.0 Å². The maximum Gasteiger partial charge on any atom is 0.453 e. The highest BCUT2D eigenvalue weighted by Crippen LogP contribution is 2.47. The standard InChI is InChI=1S/C24H22F3N5O4/c1-34-17-9-14(10-18(35-2)21(17)36-3)13-7-15-19(16(33)8-13)20(12-5-4-6-28-11-12)32-23(29-15)30-22(31-32)24(25,26)27/h4-6,9-11,13,20H,7-8H2,1-3H3,(H,29,30,31)/t13-,20-/m1/s1. The Kier molecular flexibility index (Phi) is 5.81. The van der Waals surface area contributed by atoms with Crippen LogP contribution in [0.15, 0.2) is 47.9 Å². The van der Waals surface area contributed by atoms with E-state index in [0.29, 0.717) is 40.5 Å². The van der Waals surface area contributed by atoms with Crippen LogP contribution in [0, 0.1) is 0 Å². The van der Waals surface area contributed by atoms with Gasteiger partial charge in [-0.3, -0.25) is 9.78 Å². The van der Waals surface area contributed by atoms with E-state index in [4.69, 9.17) is 14.2 Å². The number of alkyl halides is 3. The summed E-state index contributed by atoms with van der Waals surface area (Å²) in [6.45, 7) is 0. The number of carbonyl (C=O) groups excluding carboxylic acids is 1. The quantitative estimate of drug-likeness (QED) is 0.557. The first-order valence-corrected chi connectivity index (χ1v) is 11.0. The number of ether oxygens (including phenoxy) is 3. The molecule has 1 aliphatic heterocycles. The third-order valence-corrected chi connectivity index (χ3v) is 6.33. The first-order valence-electron chi connectivity index (χ1n) is 11.0. The van der Waals surface area contributed by atoms with Crippen LogP contribution >= 0.6 is 0 Å². The molecule has 188 valence electrons. The van der Waals surface area contributed by atoms with Crippen LogP contribution in [0.3, 0.4) is 0 Å². The summed E-state index contributed by atoms with van der Waals surface area (Å²) in [4.78, 5) is 21.3. The van der Waals surface area contributed by atoms with Gasteiger partial charge in [0.25, 0.3) is 5.82 Å². The van der Waals surface area contributed by atoms with Crippen molar-refractivity contribution in [2.75, 3.05) is 26.6 Å². The highest BCUT2D eigenvalue weighted by Gasteiger charge is 2.43. The molecule has 1 N–H and O–H groups in total. The normalized spacial score (nSPS) is 19.3. The smallest absolute Gasteiger partial charge is 0.453 e. The summed E-state index contributed by atoms with van der Waals surface area (Å²) in [7, 11) is 4.50. The van der Waals surface area contributed by atoms with E-state index >= 15 is 0 Å². The number of hydrogen-bond acceptors (Lipinski definition) is 8. The maximum absolute atomic E-state index is 13.6. The first-order chi connectivity index (χ1) is 17.2. The van der Waals surface area contributed by atoms with Gasteiger partial charge in [0.2, 0.25) is 11.7 Å². The molecule has 1 aromatic carbocycles. The lowest BCUT2D eigenvalue weighted by atomic mass is 9.78. The van der Waals surface area contributed by atoms with Gasteiger partial charge in [0.05, 0.1) is 21.3 Å². The fourth-order valence-corrected chi connectivity index (χ4v) is 4.75. The van der Waals surface area contributed by atoms with Crippen molar-refractivity contribution in [3.8, 4) is 17.2 Å². The molecule has 2 aliphatic rings. The predicted molar refractivity (Wildman–Crippen MR) is 121 cm³/mol. The van der Waals surface area contributed by atoms with Crippen molar-refractivity contribution in [2.45, 2.75) is 31.0 Å². The Morgan fingerprint density at radius 3 is 2.36 bits per heavy atom. The topological polar surface area (TPSA) is 100 Å². The van der Waals surface area contributed by atoms with Gasteiger partial charge < -0.3 is 19.5 Å². The largest absolute Gasteiger partial charge is 0.493 e. The summed E-state index contributed by atoms with van der Waals surface area (Å²) in [5.41, 5.74) is 2.14. The van der Waals surface area contributed by atoms with Gasteiger partial charge in [0, 0.05) is 30.1 Å². The van der Waals surface area contributed by atoms with Gasteiger partial charge in [-0.15, -0.1) is 5.10 Å². The van der Waals surface area contributed by atoms with Crippen molar-refractivity contribution in [1.82, 2.24) is 19.7 Å². The lowest BCUT2D eigenvalue weighted by Crippen LogP contribution is -2.33. The van der Waals surface area contributed by atoms with Crippen LogP contribution in [-0.4, -0.2) is 46.9 Å². The van der Waals surface area contributed by atoms with Gasteiger partial charge in [0.15, 0.2) is 17.3 Å². The second kappa shape index (κ2) is 8.85. The zero-order valence-electron chi connectivity index (χ0n) is 19.6. The van der Waals surface area contributed by atoms with E-state index in [1.807, 2.05) is 0 Å². The van der Waals surface area contributed by atoms with Crippen molar-refractivity contribution in [1.29, 1.82) is 0 Å². The minimum absolute atomic E-state index is 0.0896. The Morgan fingerprint density at radius 1 is 1.06 bits per heavy atom. The highest BCUT2D eigenvalue weighted by atomic mass is 19.4. The van der Waals surface area contributed by atoms with Crippen molar-refractivity contribution in [2.24, 2.45) is 0 Å². The van der Waals surface area contributed by atoms with Crippen molar-refractivity contribution in [3.63, 3.8) is 0 Å². The molecule has 36 heavy (non-hydrogen) atoms. The van der Waals surface area contributed by atoms with Gasteiger partial charge >= 0.3 is 6.18 Å². The summed E-state index contributed by atoms with van der Waals surface area (Å²) in [6.07, 6.45) is -1.20. The molecular weight excluding hydrogens is 479 g/mol. The summed E-state index contributed by atoms with van der Waals surface area (Å²) in [5.74, 6) is -0.571. The number of hydrogen-bond donors (Lipinski definition) is 1. The zero-order valence-corrected chi connectivity index (χ0v) is 19.6. The predicted octanol–water partition coefficient (Wildman–Crippen LogP) is 4.13. The number of fused-ring (bicyclic) bond motifs is 1. The number of carbonyl (C=O) groups is 1. The molecule has 0 spiro atoms. The average Bonchev–Trinajstić information content (AvgIpc) is 3.31. The third kappa shape index (κ3) is 3.91. The third-order valence-electron chi connectivity index (χ3n) is 6.33. The van der Waals surface area contributed by atoms with Gasteiger partial charge in [-0.05, 0) is 41.7 Å². The van der Waals surface area contributed by atoms with Gasteiger partial charge in [-0.25, -0.2) is 4.68 Å². The van der Waals surface area contributed by atoms with Crippen LogP contribution in [0.25, 0.3) is 0 Å². The molecule has 0 unspecified atom stereocenters. The van der Waals surface area contributed by atoms with Crippen molar-refractivity contribution in [3.05, 3.63) is 64.9 Å². The second-order valence-corrected chi connectivity index (χ2v) is 8.39. The van der Waals surface area contributed by atoms with Crippen LogP contribution in [0.5, 0.6) is 17.2 Å². The van der Waals surface area contributed by atoms with Crippen LogP contribution < -0.4 is 19.5 Å². The summed E-state index contributed by atoms with van der Waals surface area (Å²) in [5, 5.41) is 6.65. The van der Waals surface area contributed by atoms with Crippen LogP contribution in [0.4, 0.5) is 19.1 Å². The van der Waals surface area contributed by atoms with Crippen LogP contribution in [0.2, 0.25) is 0 Å². The van der Waals surface area contributed by atoms with E-state index in [2.05, 4.69) is 20.4 Å². The van der Waals surface area contributed by atoms with E-state index in [-0.39, 0.29) is 24.1 Å². The average molecular weight is 501 g/mol. The Labute approximate surface area is 203 Å². The van der Waals surface area contributed by atoms with Gasteiger partial charge in [-0.2, -0.15) is 18.2 Å². The van der Waals surface area contributed by atoms with Gasteiger partial charge in [-0.1, -0.05) is 6.07 Å². The monoisotopic (exact) mass is 501 g/mol. The molecule has 3 aromatic rings. The van der Waals surface area contributed by atoms with E-state index in [9.17, 15) is 18.0 Å². The molecule has 0 amide bonds. The lowest BCUT2D eigenvalue weighted by molar-refractivity contribution is -0.145. The van der Waals surface area contributed by atoms with Crippen LogP contribution in [0.1, 0.15) is 41.8 Å². The second-order valence-electron chi connectivity index (χ2n) is 8.39. The number of nitrogens with zero attached hydrogens (tertiary/aromatic N) is 4. The summed E-state index contributed by atoms with van der Waals surface area (Å²) in [6, 6.07) is 6.02. The molecule has 1 aliphatic carbocycles. The zero-order chi connectivity index (χ0) is 25.6. The van der Waals surface area contributed by atoms with Crippen molar-refractivity contribution >= 4 is 11.7 Å². The number of rotatable bonds is 5. The molecule has 3 heterocycles. The molecule has 9 nitrogen and oxygen atoms in total. The Morgan fingerprint density at radius 2 is 1.78 bits per heavy atom. The highest BCUT2D eigenvalue weighted by molar-refractivity contribution is 6.00. The number of halogens is 3. The maximum atomic E-state index is 13.6. The molecule has 2 aromatic heterocycles. The number of aromatic nitrogens is 4. The fourth-order valence-electron chi connectivity index (χ4n) is 4.75. The summed E-state index contributed by atoms with van der Waals surface area (Å²) < 4.78 is 57.7. The number of ketones is 1. The Hall–Kier alpha value is -4.09. The molecule has 2 atom stereocenters. The molecule has 0 radical (unpaired) electrons. The number of allylic oxidation sites excluding steroid dienone is 2. The van der Waals surface area contributed by atoms with E-state index in [1.54, 1.807) is 30.5 Å². The molecule has 0 fully saturated rings. The number of Topliss-reactive ketones (excluding diaryl/α,β-unsaturated/α-hetero) is 1. The minimum Gasteiger partial charge on any atom is -0.493 e. The number of nitrogens with one attached hydrogen (secondary N) is 1. The lowest BCUT2D eigenvalue weighted by Gasteiger charge is -2.35. The summed E-state index contributed by atoms with van der Waals surface area (Å²) >= 11 is 0. The first kappa shape index (κ1) is 23.6. The fraction of sp³-hybridized carbons (Fsp3) is 0.333. The molecule has 5 rings (SSSR count). The molecule has 0 saturated heterocycles. The molecular formula is C24H22F3N5O4.